The molecule has 7 nitrogen and oxygen atoms in total. The summed E-state index contributed by atoms with van der Waals surface area (Å²) in [5, 5.41) is 6.56. The summed E-state index contributed by atoms with van der Waals surface area (Å²) in [6, 6.07) is 13.8. The van der Waals surface area contributed by atoms with Crippen LogP contribution in [0.1, 0.15) is 61.9 Å². The summed E-state index contributed by atoms with van der Waals surface area (Å²) in [7, 11) is 0. The van der Waals surface area contributed by atoms with Gasteiger partial charge in [-0.25, -0.2) is 9.78 Å². The predicted octanol–water partition coefficient (Wildman–Crippen LogP) is 3.65. The van der Waals surface area contributed by atoms with Crippen LogP contribution in [-0.4, -0.2) is 54.0 Å². The number of aromatic nitrogens is 1. The van der Waals surface area contributed by atoms with Crippen molar-refractivity contribution in [3.63, 3.8) is 0 Å². The number of hydrogen-bond donors (Lipinski definition) is 2. The number of carbonyl (C=O) groups is 2. The fraction of sp³-hybridized carbons (Fsp3) is 0.519. The van der Waals surface area contributed by atoms with Crippen molar-refractivity contribution in [2.75, 3.05) is 31.6 Å². The average Bonchev–Trinajstić information content (AvgIpc) is 2.86. The molecule has 1 atom stereocenters. The summed E-state index contributed by atoms with van der Waals surface area (Å²) in [4.78, 5) is 32.1. The number of nitrogens with zero attached hydrogens (tertiary/aromatic N) is 2. The number of hydrogen-bond acceptors (Lipinski definition) is 6. The Bertz CT molecular complexity index is 958. The van der Waals surface area contributed by atoms with Crippen LogP contribution in [0.3, 0.4) is 0 Å². The van der Waals surface area contributed by atoms with Gasteiger partial charge in [0.1, 0.15) is 11.9 Å². The third-order valence-corrected chi connectivity index (χ3v) is 6.67. The predicted molar refractivity (Wildman–Crippen MR) is 133 cm³/mol. The molecule has 2 aliphatic rings. The Morgan fingerprint density at radius 3 is 2.74 bits per heavy atom. The van der Waals surface area contributed by atoms with E-state index in [9.17, 15) is 9.59 Å². The molecule has 1 aromatic heterocycles. The molecule has 0 radical (unpaired) electrons. The lowest BCUT2D eigenvalue weighted by molar-refractivity contribution is -0.150. The summed E-state index contributed by atoms with van der Waals surface area (Å²) in [6.45, 7) is 4.67. The zero-order chi connectivity index (χ0) is 23.8. The van der Waals surface area contributed by atoms with Gasteiger partial charge in [0.25, 0.3) is 0 Å². The van der Waals surface area contributed by atoms with E-state index in [4.69, 9.17) is 9.72 Å². The summed E-state index contributed by atoms with van der Waals surface area (Å²) >= 11 is 0. The van der Waals surface area contributed by atoms with E-state index >= 15 is 0 Å². The molecule has 7 heteroatoms. The Morgan fingerprint density at radius 1 is 1.18 bits per heavy atom. The lowest BCUT2D eigenvalue weighted by Gasteiger charge is -2.36. The van der Waals surface area contributed by atoms with E-state index in [1.165, 1.54) is 5.56 Å². The van der Waals surface area contributed by atoms with E-state index in [1.54, 1.807) is 0 Å². The standard InChI is InChI=1S/C27H36N4O3/c1-2-34-27(33)25(20-8-4-3-5-9-20)31-18-15-23(16-19-31)29-24(32)12-6-11-22-14-13-21-10-7-17-28-26(21)30-22/h3-5,8-9,13-14,23,25H,2,6-7,10-12,15-19H2,1H3,(H,28,30)(H,29,32). The van der Waals surface area contributed by atoms with Crippen LogP contribution in [0.2, 0.25) is 0 Å². The number of likely N-dealkylation sites (tertiary alicyclic amines) is 1. The quantitative estimate of drug-likeness (QED) is 0.551. The number of nitrogens with one attached hydrogen (secondary N) is 2. The molecule has 0 bridgehead atoms. The van der Waals surface area contributed by atoms with Gasteiger partial charge >= 0.3 is 5.97 Å². The molecule has 34 heavy (non-hydrogen) atoms. The Labute approximate surface area is 202 Å². The third-order valence-electron chi connectivity index (χ3n) is 6.67. The topological polar surface area (TPSA) is 83.6 Å². The normalized spacial score (nSPS) is 17.3. The van der Waals surface area contributed by atoms with Crippen molar-refractivity contribution in [3.05, 3.63) is 59.3 Å². The average molecular weight is 465 g/mol. The Kier molecular flexibility index (Phi) is 8.52. The molecule has 3 heterocycles. The zero-order valence-electron chi connectivity index (χ0n) is 20.1. The fourth-order valence-corrected chi connectivity index (χ4v) is 4.89. The molecule has 1 unspecified atom stereocenters. The van der Waals surface area contributed by atoms with Gasteiger partial charge in [-0.05, 0) is 62.6 Å². The van der Waals surface area contributed by atoms with Crippen LogP contribution < -0.4 is 10.6 Å². The van der Waals surface area contributed by atoms with Crippen molar-refractivity contribution in [3.8, 4) is 0 Å². The first-order valence-electron chi connectivity index (χ1n) is 12.6. The monoisotopic (exact) mass is 464 g/mol. The summed E-state index contributed by atoms with van der Waals surface area (Å²) in [5.74, 6) is 0.901. The summed E-state index contributed by atoms with van der Waals surface area (Å²) in [6.07, 6.45) is 5.99. The molecule has 0 saturated carbocycles. The second-order valence-electron chi connectivity index (χ2n) is 9.14. The van der Waals surface area contributed by atoms with Gasteiger partial charge < -0.3 is 15.4 Å². The van der Waals surface area contributed by atoms with Gasteiger partial charge in [0.15, 0.2) is 0 Å². The molecule has 0 aliphatic carbocycles. The van der Waals surface area contributed by atoms with Crippen molar-refractivity contribution in [2.45, 2.75) is 64.0 Å². The molecular formula is C27H36N4O3. The zero-order valence-corrected chi connectivity index (χ0v) is 20.1. The van der Waals surface area contributed by atoms with Crippen LogP contribution in [0.25, 0.3) is 0 Å². The van der Waals surface area contributed by atoms with Crippen molar-refractivity contribution in [1.82, 2.24) is 15.2 Å². The first kappa shape index (κ1) is 24.2. The maximum absolute atomic E-state index is 12.7. The van der Waals surface area contributed by atoms with Gasteiger partial charge in [-0.2, -0.15) is 0 Å². The maximum atomic E-state index is 12.7. The van der Waals surface area contributed by atoms with E-state index in [-0.39, 0.29) is 17.9 Å². The van der Waals surface area contributed by atoms with E-state index < -0.39 is 6.04 Å². The van der Waals surface area contributed by atoms with E-state index in [1.807, 2.05) is 37.3 Å². The minimum atomic E-state index is -0.392. The van der Waals surface area contributed by atoms with Crippen LogP contribution >= 0.6 is 0 Å². The Morgan fingerprint density at radius 2 is 1.97 bits per heavy atom. The summed E-state index contributed by atoms with van der Waals surface area (Å²) in [5.41, 5.74) is 3.28. The molecule has 1 aromatic carbocycles. The SMILES string of the molecule is CCOC(=O)C(c1ccccc1)N1CCC(NC(=O)CCCc2ccc3c(n2)NCCC3)CC1. The maximum Gasteiger partial charge on any atom is 0.327 e. The largest absolute Gasteiger partial charge is 0.465 e. The molecular weight excluding hydrogens is 428 g/mol. The lowest BCUT2D eigenvalue weighted by atomic mass is 9.99. The number of carbonyl (C=O) groups excluding carboxylic acids is 2. The molecule has 4 rings (SSSR count). The number of rotatable bonds is 9. The fourth-order valence-electron chi connectivity index (χ4n) is 4.89. The van der Waals surface area contributed by atoms with Crippen molar-refractivity contribution in [2.24, 2.45) is 0 Å². The molecule has 1 fully saturated rings. The number of fused-ring (bicyclic) bond motifs is 1. The molecule has 182 valence electrons. The van der Waals surface area contributed by atoms with Crippen LogP contribution in [-0.2, 0) is 27.2 Å². The van der Waals surface area contributed by atoms with Crippen molar-refractivity contribution < 1.29 is 14.3 Å². The van der Waals surface area contributed by atoms with Crippen molar-refractivity contribution in [1.29, 1.82) is 0 Å². The van der Waals surface area contributed by atoms with Gasteiger partial charge in [-0.15, -0.1) is 0 Å². The Hall–Kier alpha value is -2.93. The first-order chi connectivity index (χ1) is 16.6. The number of aryl methyl sites for hydroxylation is 2. The molecule has 1 amide bonds. The van der Waals surface area contributed by atoms with Gasteiger partial charge in [0, 0.05) is 37.8 Å². The van der Waals surface area contributed by atoms with Crippen LogP contribution in [0.15, 0.2) is 42.5 Å². The van der Waals surface area contributed by atoms with E-state index in [0.29, 0.717) is 13.0 Å². The lowest BCUT2D eigenvalue weighted by Crippen LogP contribution is -2.47. The van der Waals surface area contributed by atoms with Crippen LogP contribution in [0.5, 0.6) is 0 Å². The second-order valence-corrected chi connectivity index (χ2v) is 9.14. The highest BCUT2D eigenvalue weighted by Crippen LogP contribution is 2.26. The molecule has 0 spiro atoms. The highest BCUT2D eigenvalue weighted by atomic mass is 16.5. The number of pyridine rings is 1. The van der Waals surface area contributed by atoms with Crippen molar-refractivity contribution >= 4 is 17.7 Å². The van der Waals surface area contributed by atoms with Gasteiger partial charge in [0.2, 0.25) is 5.91 Å². The number of benzene rings is 1. The van der Waals surface area contributed by atoms with Gasteiger partial charge in [-0.1, -0.05) is 36.4 Å². The van der Waals surface area contributed by atoms with E-state index in [0.717, 1.165) is 75.2 Å². The second kappa shape index (κ2) is 12.0. The number of esters is 1. The highest BCUT2D eigenvalue weighted by Gasteiger charge is 2.32. The van der Waals surface area contributed by atoms with Crippen LogP contribution in [0.4, 0.5) is 5.82 Å². The highest BCUT2D eigenvalue weighted by molar-refractivity contribution is 5.78. The van der Waals surface area contributed by atoms with Gasteiger partial charge in [-0.3, -0.25) is 9.69 Å². The smallest absolute Gasteiger partial charge is 0.327 e. The Balaban J connectivity index is 1.22. The van der Waals surface area contributed by atoms with Gasteiger partial charge in [0.05, 0.1) is 6.61 Å². The summed E-state index contributed by atoms with van der Waals surface area (Å²) < 4.78 is 5.36. The molecule has 2 aromatic rings. The minimum absolute atomic E-state index is 0.0968. The molecule has 2 N–H and O–H groups in total. The number of piperidine rings is 1. The number of anilines is 1. The molecule has 2 aliphatic heterocycles. The van der Waals surface area contributed by atoms with E-state index in [2.05, 4.69) is 27.7 Å². The number of amides is 1. The van der Waals surface area contributed by atoms with Crippen LogP contribution in [0, 0.1) is 0 Å². The third kappa shape index (κ3) is 6.35. The molecule has 1 saturated heterocycles. The minimum Gasteiger partial charge on any atom is -0.465 e. The number of ether oxygens (including phenoxy) is 1. The first-order valence-corrected chi connectivity index (χ1v) is 12.6.